The Morgan fingerprint density at radius 2 is 1.94 bits per heavy atom. The van der Waals surface area contributed by atoms with E-state index in [1.54, 1.807) is 16.2 Å². The fraction of sp³-hybridized carbons (Fsp3) is 0.385. The highest BCUT2D eigenvalue weighted by Crippen LogP contribution is 2.41. The molecule has 0 aromatic carbocycles. The van der Waals surface area contributed by atoms with E-state index in [9.17, 15) is 0 Å². The molecule has 0 saturated carbocycles. The van der Waals surface area contributed by atoms with E-state index in [0.717, 1.165) is 3.79 Å². The van der Waals surface area contributed by atoms with Crippen LogP contribution >= 0.6 is 50.2 Å². The average molecular weight is 348 g/mol. The second-order valence-electron chi connectivity index (χ2n) is 4.31. The van der Waals surface area contributed by atoms with Gasteiger partial charge in [0.1, 0.15) is 5.38 Å². The van der Waals surface area contributed by atoms with Gasteiger partial charge in [-0.3, -0.25) is 0 Å². The number of rotatable bonds is 2. The molecule has 1 atom stereocenters. The molecule has 1 unspecified atom stereocenters. The second kappa shape index (κ2) is 5.04. The molecule has 2 heterocycles. The van der Waals surface area contributed by atoms with Crippen LogP contribution in [0.3, 0.4) is 0 Å². The summed E-state index contributed by atoms with van der Waals surface area (Å²) in [5.41, 5.74) is 1.54. The number of alkyl halides is 1. The van der Waals surface area contributed by atoms with Crippen LogP contribution in [-0.2, 0) is 12.8 Å². The summed E-state index contributed by atoms with van der Waals surface area (Å²) in [6.07, 6.45) is 5.16. The summed E-state index contributed by atoms with van der Waals surface area (Å²) in [4.78, 5) is 4.11. The number of hydrogen-bond acceptors (Lipinski definition) is 2. The predicted octanol–water partition coefficient (Wildman–Crippen LogP) is 5.78. The SMILES string of the molecule is ClC(c1ccc(Br)s1)c1cc2c(s1)CCCC2. The van der Waals surface area contributed by atoms with Crippen molar-refractivity contribution in [1.82, 2.24) is 0 Å². The fourth-order valence-corrected chi connectivity index (χ4v) is 5.40. The van der Waals surface area contributed by atoms with Gasteiger partial charge in [-0.2, -0.15) is 0 Å². The van der Waals surface area contributed by atoms with Crippen molar-refractivity contribution in [3.05, 3.63) is 42.2 Å². The first-order valence-electron chi connectivity index (χ1n) is 5.75. The van der Waals surface area contributed by atoms with Crippen LogP contribution in [0.15, 0.2) is 22.0 Å². The molecule has 1 aliphatic rings. The minimum Gasteiger partial charge on any atom is -0.143 e. The van der Waals surface area contributed by atoms with E-state index in [4.69, 9.17) is 11.6 Å². The Hall–Kier alpha value is 0.170. The van der Waals surface area contributed by atoms with E-state index in [1.807, 2.05) is 11.3 Å². The summed E-state index contributed by atoms with van der Waals surface area (Å²) in [5.74, 6) is 0. The molecule has 0 aliphatic heterocycles. The van der Waals surface area contributed by atoms with Crippen molar-refractivity contribution in [2.24, 2.45) is 0 Å². The second-order valence-corrected chi connectivity index (χ2v) is 8.41. The average Bonchev–Trinajstić information content (AvgIpc) is 2.93. The lowest BCUT2D eigenvalue weighted by molar-refractivity contribution is 0.697. The summed E-state index contributed by atoms with van der Waals surface area (Å²) >= 11 is 13.7. The van der Waals surface area contributed by atoms with Crippen LogP contribution in [0.1, 0.15) is 38.4 Å². The maximum absolute atomic E-state index is 6.56. The zero-order valence-electron chi connectivity index (χ0n) is 9.21. The van der Waals surface area contributed by atoms with Gasteiger partial charge in [0.05, 0.1) is 3.79 Å². The number of thiophene rings is 2. The van der Waals surface area contributed by atoms with E-state index in [1.165, 1.54) is 41.0 Å². The van der Waals surface area contributed by atoms with E-state index in [0.29, 0.717) is 0 Å². The largest absolute Gasteiger partial charge is 0.143 e. The minimum absolute atomic E-state index is 0.0295. The van der Waals surface area contributed by atoms with Crippen LogP contribution in [0.25, 0.3) is 0 Å². The standard InChI is InChI=1S/C13H12BrClS2/c14-12-6-5-10(17-12)13(15)11-7-8-3-1-2-4-9(8)16-11/h5-7,13H,1-4H2. The topological polar surface area (TPSA) is 0 Å². The monoisotopic (exact) mass is 346 g/mol. The van der Waals surface area contributed by atoms with Gasteiger partial charge < -0.3 is 0 Å². The van der Waals surface area contributed by atoms with Crippen molar-refractivity contribution in [3.63, 3.8) is 0 Å². The van der Waals surface area contributed by atoms with Crippen molar-refractivity contribution in [2.75, 3.05) is 0 Å². The molecular formula is C13H12BrClS2. The third-order valence-corrected chi connectivity index (χ3v) is 6.83. The fourth-order valence-electron chi connectivity index (χ4n) is 2.24. The van der Waals surface area contributed by atoms with Gasteiger partial charge in [0.2, 0.25) is 0 Å². The molecule has 0 radical (unpaired) electrons. The lowest BCUT2D eigenvalue weighted by Gasteiger charge is -2.08. The van der Waals surface area contributed by atoms with Crippen LogP contribution in [0.5, 0.6) is 0 Å². The Bertz CT molecular complexity index is 506. The summed E-state index contributed by atoms with van der Waals surface area (Å²) in [6.45, 7) is 0. The van der Waals surface area contributed by atoms with Crippen LogP contribution in [-0.4, -0.2) is 0 Å². The van der Waals surface area contributed by atoms with E-state index >= 15 is 0 Å². The normalized spacial score (nSPS) is 16.8. The highest BCUT2D eigenvalue weighted by Gasteiger charge is 2.19. The molecule has 0 spiro atoms. The Kier molecular flexibility index (Phi) is 3.62. The maximum atomic E-state index is 6.56. The first-order chi connectivity index (χ1) is 8.24. The lowest BCUT2D eigenvalue weighted by atomic mass is 9.99. The highest BCUT2D eigenvalue weighted by molar-refractivity contribution is 9.11. The molecule has 0 bridgehead atoms. The molecule has 0 nitrogen and oxygen atoms in total. The molecule has 1 aliphatic carbocycles. The quantitative estimate of drug-likeness (QED) is 0.604. The molecule has 17 heavy (non-hydrogen) atoms. The minimum atomic E-state index is 0.0295. The van der Waals surface area contributed by atoms with E-state index in [2.05, 4.69) is 34.1 Å². The number of halogens is 2. The number of fused-ring (bicyclic) bond motifs is 1. The van der Waals surface area contributed by atoms with Gasteiger partial charge in [-0.15, -0.1) is 34.3 Å². The summed E-state index contributed by atoms with van der Waals surface area (Å²) in [6, 6.07) is 6.51. The first-order valence-corrected chi connectivity index (χ1v) is 8.61. The van der Waals surface area contributed by atoms with E-state index in [-0.39, 0.29) is 5.38 Å². The van der Waals surface area contributed by atoms with Crippen molar-refractivity contribution in [1.29, 1.82) is 0 Å². The maximum Gasteiger partial charge on any atom is 0.102 e. The van der Waals surface area contributed by atoms with Crippen molar-refractivity contribution in [2.45, 2.75) is 31.1 Å². The molecule has 2 aromatic heterocycles. The summed E-state index contributed by atoms with van der Waals surface area (Å²) in [5, 5.41) is 0.0295. The van der Waals surface area contributed by atoms with Crippen LogP contribution in [0.4, 0.5) is 0 Å². The van der Waals surface area contributed by atoms with Gasteiger partial charge in [0.15, 0.2) is 0 Å². The van der Waals surface area contributed by atoms with Gasteiger partial charge >= 0.3 is 0 Å². The summed E-state index contributed by atoms with van der Waals surface area (Å²) < 4.78 is 1.15. The molecule has 4 heteroatoms. The molecule has 0 amide bonds. The van der Waals surface area contributed by atoms with Gasteiger partial charge in [0, 0.05) is 14.6 Å². The van der Waals surface area contributed by atoms with Gasteiger partial charge in [-0.1, -0.05) is 0 Å². The molecule has 0 N–H and O–H groups in total. The van der Waals surface area contributed by atoms with Gasteiger partial charge in [0.25, 0.3) is 0 Å². The van der Waals surface area contributed by atoms with Crippen molar-refractivity contribution >= 4 is 50.2 Å². The first kappa shape index (κ1) is 12.2. The Labute approximate surface area is 123 Å². The molecular weight excluding hydrogens is 336 g/mol. The van der Waals surface area contributed by atoms with Crippen LogP contribution in [0.2, 0.25) is 0 Å². The Morgan fingerprint density at radius 3 is 2.65 bits per heavy atom. The Balaban J connectivity index is 1.91. The predicted molar refractivity (Wildman–Crippen MR) is 80.7 cm³/mol. The third-order valence-electron chi connectivity index (χ3n) is 3.11. The van der Waals surface area contributed by atoms with Crippen molar-refractivity contribution < 1.29 is 0 Å². The van der Waals surface area contributed by atoms with Crippen LogP contribution in [0, 0.1) is 0 Å². The summed E-state index contributed by atoms with van der Waals surface area (Å²) in [7, 11) is 0. The molecule has 90 valence electrons. The molecule has 3 rings (SSSR count). The molecule has 0 saturated heterocycles. The number of hydrogen-bond donors (Lipinski definition) is 0. The zero-order chi connectivity index (χ0) is 11.8. The molecule has 2 aromatic rings. The number of aryl methyl sites for hydroxylation is 2. The van der Waals surface area contributed by atoms with Crippen molar-refractivity contribution in [3.8, 4) is 0 Å². The van der Waals surface area contributed by atoms with Gasteiger partial charge in [-0.25, -0.2) is 0 Å². The Morgan fingerprint density at radius 1 is 1.12 bits per heavy atom. The zero-order valence-corrected chi connectivity index (χ0v) is 13.2. The lowest BCUT2D eigenvalue weighted by Crippen LogP contribution is -1.96. The van der Waals surface area contributed by atoms with E-state index < -0.39 is 0 Å². The smallest absolute Gasteiger partial charge is 0.102 e. The third kappa shape index (κ3) is 2.48. The molecule has 0 fully saturated rings. The van der Waals surface area contributed by atoms with Gasteiger partial charge in [-0.05, 0) is 65.4 Å². The van der Waals surface area contributed by atoms with Crippen LogP contribution < -0.4 is 0 Å². The highest BCUT2D eigenvalue weighted by atomic mass is 79.9.